The number of aliphatic hydroxyl groups is 1. The largest absolute Gasteiger partial charge is 0.543 e. The van der Waals surface area contributed by atoms with E-state index in [1.807, 2.05) is 6.26 Å². The van der Waals surface area contributed by atoms with Gasteiger partial charge in [0.1, 0.15) is 23.3 Å². The molecule has 0 aromatic rings. The molecule has 82 valence electrons. The number of hydrogen-bond donors (Lipinski definition) is 1. The highest BCUT2D eigenvalue weighted by molar-refractivity contribution is 8.00. The molecule has 0 saturated carbocycles. The zero-order valence-electron chi connectivity index (χ0n) is 8.34. The predicted octanol–water partition coefficient (Wildman–Crippen LogP) is -2.00. The lowest BCUT2D eigenvalue weighted by Gasteiger charge is -2.41. The van der Waals surface area contributed by atoms with Crippen molar-refractivity contribution < 1.29 is 19.8 Å². The first-order chi connectivity index (χ1) is 6.95. The van der Waals surface area contributed by atoms with Crippen LogP contribution in [0.25, 0.3) is 0 Å². The van der Waals surface area contributed by atoms with Crippen LogP contribution in [-0.4, -0.2) is 39.6 Å². The maximum Gasteiger partial charge on any atom is 0.244 e. The van der Waals surface area contributed by atoms with Crippen LogP contribution >= 0.6 is 0 Å². The van der Waals surface area contributed by atoms with Crippen molar-refractivity contribution in [3.05, 3.63) is 11.1 Å². The number of fused-ring (bicyclic) bond motifs is 1. The van der Waals surface area contributed by atoms with Gasteiger partial charge in [-0.25, -0.2) is 0 Å². The van der Waals surface area contributed by atoms with Crippen LogP contribution in [0.1, 0.15) is 6.92 Å². The highest BCUT2D eigenvalue weighted by Gasteiger charge is 2.62. The lowest BCUT2D eigenvalue weighted by molar-refractivity contribution is -0.301. The second-order valence-electron chi connectivity index (χ2n) is 3.76. The number of carbonyl (C=O) groups is 2. The molecule has 0 aromatic carbocycles. The topological polar surface area (TPSA) is 80.7 Å². The summed E-state index contributed by atoms with van der Waals surface area (Å²) in [4.78, 5) is 23.5. The van der Waals surface area contributed by atoms with Crippen molar-refractivity contribution in [1.29, 1.82) is 0 Å². The Morgan fingerprint density at radius 1 is 1.73 bits per heavy atom. The van der Waals surface area contributed by atoms with E-state index in [9.17, 15) is 19.8 Å². The van der Waals surface area contributed by atoms with E-state index in [1.54, 1.807) is 12.3 Å². The summed E-state index contributed by atoms with van der Waals surface area (Å²) in [5.41, 5.74) is -0.0484. The molecule has 0 bridgehead atoms. The molecule has 2 aliphatic heterocycles. The van der Waals surface area contributed by atoms with Crippen LogP contribution in [0.3, 0.4) is 0 Å². The summed E-state index contributed by atoms with van der Waals surface area (Å²) in [7, 11) is -0.321. The highest BCUT2D eigenvalue weighted by Crippen LogP contribution is 2.42. The van der Waals surface area contributed by atoms with Crippen molar-refractivity contribution in [3.8, 4) is 0 Å². The third kappa shape index (κ3) is 1.28. The van der Waals surface area contributed by atoms with Crippen LogP contribution in [0.15, 0.2) is 11.1 Å². The minimum atomic E-state index is -1.32. The van der Waals surface area contributed by atoms with Gasteiger partial charge in [-0.15, -0.1) is 0 Å². The Bertz CT molecular complexity index is 365. The Labute approximate surface area is 89.7 Å². The maximum absolute atomic E-state index is 11.6. The molecule has 6 heteroatoms. The lowest BCUT2D eigenvalue weighted by atomic mass is 9.92. The normalized spacial score (nSPS) is 35.7. The zero-order chi connectivity index (χ0) is 11.3. The molecule has 1 amide bonds. The standard InChI is InChI=1S/C9H11NO4S/c1-4(11)6-7(12)10-5(9(13)14)3-15(2)8(6)10/h3-4,6,8,11H,1-2H3/t4-,6?,8-,15?/m1/s1. The van der Waals surface area contributed by atoms with E-state index < -0.39 is 18.0 Å². The van der Waals surface area contributed by atoms with Gasteiger partial charge in [0, 0.05) is 10.9 Å². The van der Waals surface area contributed by atoms with Gasteiger partial charge in [0.2, 0.25) is 11.3 Å². The van der Waals surface area contributed by atoms with Gasteiger partial charge in [-0.1, -0.05) is 0 Å². The number of carboxylic acids is 1. The monoisotopic (exact) mass is 229 g/mol. The number of carbonyl (C=O) groups excluding carboxylic acids is 2. The van der Waals surface area contributed by atoms with Crippen LogP contribution < -0.4 is 5.11 Å². The molecule has 2 aliphatic rings. The Kier molecular flexibility index (Phi) is 2.27. The summed E-state index contributed by atoms with van der Waals surface area (Å²) in [6.07, 6.45) is 1.12. The van der Waals surface area contributed by atoms with E-state index in [0.717, 1.165) is 0 Å². The van der Waals surface area contributed by atoms with E-state index in [-0.39, 0.29) is 27.9 Å². The Balaban J connectivity index is 2.26. The van der Waals surface area contributed by atoms with Crippen LogP contribution in [0, 0.1) is 5.92 Å². The summed E-state index contributed by atoms with van der Waals surface area (Å²) in [6.45, 7) is 1.55. The number of aliphatic carboxylic acids is 1. The minimum absolute atomic E-state index is 0.0484. The third-order valence-corrected chi connectivity index (χ3v) is 4.61. The quantitative estimate of drug-likeness (QED) is 0.439. The van der Waals surface area contributed by atoms with Gasteiger partial charge >= 0.3 is 0 Å². The highest BCUT2D eigenvalue weighted by atomic mass is 32.2. The van der Waals surface area contributed by atoms with Crippen LogP contribution in [0.4, 0.5) is 0 Å². The molecule has 5 nitrogen and oxygen atoms in total. The first-order valence-corrected chi connectivity index (χ1v) is 6.29. The molecule has 0 radical (unpaired) electrons. The molecule has 0 spiro atoms. The van der Waals surface area contributed by atoms with Crippen LogP contribution in [-0.2, 0) is 20.5 Å². The molecule has 4 atom stereocenters. The van der Waals surface area contributed by atoms with Gasteiger partial charge in [-0.05, 0) is 6.92 Å². The number of rotatable bonds is 2. The molecular weight excluding hydrogens is 218 g/mol. The molecule has 0 aliphatic carbocycles. The molecule has 1 N–H and O–H groups in total. The van der Waals surface area contributed by atoms with E-state index in [0.29, 0.717) is 0 Å². The molecule has 2 unspecified atom stereocenters. The fraction of sp³-hybridized carbons (Fsp3) is 0.556. The average Bonchev–Trinajstić information content (AvgIpc) is 2.38. The van der Waals surface area contributed by atoms with Crippen molar-refractivity contribution in [2.75, 3.05) is 6.26 Å². The van der Waals surface area contributed by atoms with Gasteiger partial charge in [0.25, 0.3) is 0 Å². The van der Waals surface area contributed by atoms with Gasteiger partial charge in [-0.2, -0.15) is 0 Å². The number of amides is 1. The fourth-order valence-corrected chi connectivity index (χ4v) is 4.09. The SMILES string of the molecule is C[C@@H](O)C1C(=O)N2C(C(=O)[O-])=C[S+](C)[C@H]12. The Hall–Kier alpha value is -1.01. The molecule has 15 heavy (non-hydrogen) atoms. The van der Waals surface area contributed by atoms with E-state index in [1.165, 1.54) is 4.90 Å². The second-order valence-corrected chi connectivity index (χ2v) is 5.70. The van der Waals surface area contributed by atoms with Gasteiger partial charge in [0.15, 0.2) is 0 Å². The summed E-state index contributed by atoms with van der Waals surface area (Å²) < 4.78 is 0. The van der Waals surface area contributed by atoms with Gasteiger partial charge in [-0.3, -0.25) is 9.69 Å². The summed E-state index contributed by atoms with van der Waals surface area (Å²) in [5, 5.41) is 21.5. The summed E-state index contributed by atoms with van der Waals surface area (Å²) in [6, 6.07) is 0. The number of hydrogen-bond acceptors (Lipinski definition) is 4. The molecule has 0 aromatic heterocycles. The summed E-state index contributed by atoms with van der Waals surface area (Å²) in [5.74, 6) is -2.11. The molecule has 1 saturated heterocycles. The van der Waals surface area contributed by atoms with Gasteiger partial charge in [0.05, 0.1) is 12.1 Å². The van der Waals surface area contributed by atoms with Gasteiger partial charge < -0.3 is 15.0 Å². The van der Waals surface area contributed by atoms with Crippen molar-refractivity contribution in [1.82, 2.24) is 4.90 Å². The Morgan fingerprint density at radius 2 is 2.33 bits per heavy atom. The van der Waals surface area contributed by atoms with Crippen molar-refractivity contribution >= 4 is 22.8 Å². The molecule has 2 heterocycles. The number of aliphatic hydroxyl groups excluding tert-OH is 1. The maximum atomic E-state index is 11.6. The summed E-state index contributed by atoms with van der Waals surface area (Å²) >= 11 is 0. The predicted molar refractivity (Wildman–Crippen MR) is 52.2 cm³/mol. The van der Waals surface area contributed by atoms with Crippen molar-refractivity contribution in [2.45, 2.75) is 18.4 Å². The van der Waals surface area contributed by atoms with E-state index in [2.05, 4.69) is 0 Å². The number of carboxylic acid groups (broad SMARTS) is 1. The smallest absolute Gasteiger partial charge is 0.244 e. The first-order valence-electron chi connectivity index (χ1n) is 4.53. The van der Waals surface area contributed by atoms with E-state index >= 15 is 0 Å². The van der Waals surface area contributed by atoms with Crippen molar-refractivity contribution in [2.24, 2.45) is 5.92 Å². The van der Waals surface area contributed by atoms with Crippen LogP contribution in [0.2, 0.25) is 0 Å². The van der Waals surface area contributed by atoms with Crippen LogP contribution in [0.5, 0.6) is 0 Å². The second kappa shape index (κ2) is 3.24. The van der Waals surface area contributed by atoms with Crippen molar-refractivity contribution in [3.63, 3.8) is 0 Å². The molecule has 2 rings (SSSR count). The average molecular weight is 229 g/mol. The van der Waals surface area contributed by atoms with E-state index in [4.69, 9.17) is 0 Å². The first kappa shape index (κ1) is 10.5. The number of β-lactam (4-membered cyclic amide) rings is 1. The lowest BCUT2D eigenvalue weighted by Crippen LogP contribution is -2.64. The fourth-order valence-electron chi connectivity index (χ4n) is 2.03. The minimum Gasteiger partial charge on any atom is -0.543 e. The third-order valence-electron chi connectivity index (χ3n) is 2.75. The zero-order valence-corrected chi connectivity index (χ0v) is 9.15. The molecular formula is C9H11NO4S. The Morgan fingerprint density at radius 3 is 2.80 bits per heavy atom. The number of nitrogens with zero attached hydrogens (tertiary/aromatic N) is 1. The molecule has 1 fully saturated rings.